The number of hydrogen-bond donors (Lipinski definition) is 2. The number of aryl methyl sites for hydroxylation is 2. The van der Waals surface area contributed by atoms with Crippen LogP contribution in [0.3, 0.4) is 0 Å². The lowest BCUT2D eigenvalue weighted by Gasteiger charge is -2.36. The fraction of sp³-hybridized carbons (Fsp3) is 0.500. The minimum absolute atomic E-state index is 0.0359. The van der Waals surface area contributed by atoms with Crippen LogP contribution in [0, 0.1) is 25.7 Å². The second kappa shape index (κ2) is 11.2. The fourth-order valence-electron chi connectivity index (χ4n) is 4.88. The molecule has 1 atom stereocenters. The van der Waals surface area contributed by atoms with Crippen LogP contribution in [-0.2, 0) is 15.1 Å². The van der Waals surface area contributed by atoms with Crippen LogP contribution in [-0.4, -0.2) is 37.2 Å². The van der Waals surface area contributed by atoms with Crippen molar-refractivity contribution >= 4 is 17.6 Å². The first-order chi connectivity index (χ1) is 17.3. The molecule has 4 rings (SSSR count). The molecule has 2 aromatic heterocycles. The molecule has 36 heavy (non-hydrogen) atoms. The van der Waals surface area contributed by atoms with Crippen molar-refractivity contribution in [3.63, 3.8) is 0 Å². The normalized spacial score (nSPS) is 19.5. The summed E-state index contributed by atoms with van der Waals surface area (Å²) in [6, 6.07) is 7.97. The van der Waals surface area contributed by atoms with Gasteiger partial charge >= 0.3 is 5.97 Å². The number of nitrogens with zero attached hydrogens (tertiary/aromatic N) is 4. The minimum Gasteiger partial charge on any atom is -0.465 e. The lowest BCUT2D eigenvalue weighted by Crippen LogP contribution is -2.36. The largest absolute Gasteiger partial charge is 0.465 e. The van der Waals surface area contributed by atoms with Crippen LogP contribution in [0.4, 0.5) is 11.6 Å². The van der Waals surface area contributed by atoms with E-state index in [0.717, 1.165) is 61.2 Å². The van der Waals surface area contributed by atoms with Gasteiger partial charge in [-0.2, -0.15) is 0 Å². The SMILES string of the molecule is CCCCOC(=O)C1CCC(C(C)(O)c2cn(-c3cc(C)cc(Nc4nccc(C)n4)c3)cn2)CC1. The van der Waals surface area contributed by atoms with E-state index in [1.54, 1.807) is 12.5 Å². The monoisotopic (exact) mass is 491 g/mol. The number of hydrogen-bond acceptors (Lipinski definition) is 7. The number of carbonyl (C=O) groups is 1. The van der Waals surface area contributed by atoms with E-state index in [9.17, 15) is 9.90 Å². The lowest BCUT2D eigenvalue weighted by atomic mass is 9.73. The lowest BCUT2D eigenvalue weighted by molar-refractivity contribution is -0.151. The summed E-state index contributed by atoms with van der Waals surface area (Å²) in [6.07, 6.45) is 10.3. The van der Waals surface area contributed by atoms with Gasteiger partial charge < -0.3 is 19.7 Å². The van der Waals surface area contributed by atoms with E-state index in [1.165, 1.54) is 0 Å². The Kier molecular flexibility index (Phi) is 8.04. The molecule has 0 spiro atoms. The van der Waals surface area contributed by atoms with Gasteiger partial charge in [-0.05, 0) is 88.6 Å². The Balaban J connectivity index is 1.44. The summed E-state index contributed by atoms with van der Waals surface area (Å²) in [4.78, 5) is 25.6. The number of rotatable bonds is 9. The molecule has 1 aromatic carbocycles. The molecule has 1 saturated carbocycles. The van der Waals surface area contributed by atoms with Crippen LogP contribution >= 0.6 is 0 Å². The molecule has 1 aliphatic carbocycles. The molecule has 2 N–H and O–H groups in total. The second-order valence-corrected chi connectivity index (χ2v) is 10.1. The Labute approximate surface area is 213 Å². The van der Waals surface area contributed by atoms with Crippen LogP contribution in [0.15, 0.2) is 43.0 Å². The van der Waals surface area contributed by atoms with Crippen LogP contribution < -0.4 is 5.32 Å². The van der Waals surface area contributed by atoms with Crippen molar-refractivity contribution in [2.24, 2.45) is 11.8 Å². The van der Waals surface area contributed by atoms with Crippen molar-refractivity contribution in [3.8, 4) is 5.69 Å². The van der Waals surface area contributed by atoms with Crippen molar-refractivity contribution in [1.82, 2.24) is 19.5 Å². The molecule has 8 heteroatoms. The first-order valence-electron chi connectivity index (χ1n) is 12.9. The summed E-state index contributed by atoms with van der Waals surface area (Å²) in [7, 11) is 0. The van der Waals surface area contributed by atoms with Gasteiger partial charge in [0.25, 0.3) is 0 Å². The zero-order valence-electron chi connectivity index (χ0n) is 21.7. The number of carbonyl (C=O) groups excluding carboxylic acids is 1. The van der Waals surface area contributed by atoms with E-state index in [1.807, 2.05) is 49.7 Å². The second-order valence-electron chi connectivity index (χ2n) is 10.1. The van der Waals surface area contributed by atoms with Gasteiger partial charge in [0.05, 0.1) is 24.5 Å². The van der Waals surface area contributed by atoms with E-state index < -0.39 is 5.60 Å². The van der Waals surface area contributed by atoms with Crippen LogP contribution in [0.2, 0.25) is 0 Å². The average molecular weight is 492 g/mol. The topological polar surface area (TPSA) is 102 Å². The number of anilines is 2. The first-order valence-corrected chi connectivity index (χ1v) is 12.9. The van der Waals surface area contributed by atoms with E-state index in [0.29, 0.717) is 18.2 Å². The first kappa shape index (κ1) is 25.8. The molecule has 192 valence electrons. The molecular weight excluding hydrogens is 454 g/mol. The summed E-state index contributed by atoms with van der Waals surface area (Å²) in [5.74, 6) is 0.423. The van der Waals surface area contributed by atoms with E-state index >= 15 is 0 Å². The highest BCUT2D eigenvalue weighted by Crippen LogP contribution is 2.41. The predicted molar refractivity (Wildman–Crippen MR) is 139 cm³/mol. The summed E-state index contributed by atoms with van der Waals surface area (Å²) in [5, 5.41) is 14.7. The zero-order valence-corrected chi connectivity index (χ0v) is 21.7. The number of ether oxygens (including phenoxy) is 1. The molecule has 3 aromatic rings. The molecule has 0 saturated heterocycles. The van der Waals surface area contributed by atoms with Gasteiger partial charge in [0.1, 0.15) is 5.60 Å². The fourth-order valence-corrected chi connectivity index (χ4v) is 4.88. The van der Waals surface area contributed by atoms with Gasteiger partial charge in [0.2, 0.25) is 5.95 Å². The Hall–Kier alpha value is -3.26. The van der Waals surface area contributed by atoms with Gasteiger partial charge in [-0.25, -0.2) is 15.0 Å². The van der Waals surface area contributed by atoms with Gasteiger partial charge in [0.15, 0.2) is 0 Å². The number of esters is 1. The van der Waals surface area contributed by atoms with Crippen molar-refractivity contribution in [2.75, 3.05) is 11.9 Å². The van der Waals surface area contributed by atoms with Gasteiger partial charge in [-0.1, -0.05) is 13.3 Å². The number of imidazole rings is 1. The predicted octanol–water partition coefficient (Wildman–Crippen LogP) is 5.38. The number of benzene rings is 1. The van der Waals surface area contributed by atoms with Crippen molar-refractivity contribution < 1.29 is 14.6 Å². The zero-order chi connectivity index (χ0) is 25.7. The Morgan fingerprint density at radius 1 is 1.19 bits per heavy atom. The molecular formula is C28H37N5O3. The molecule has 1 aliphatic rings. The number of nitrogens with one attached hydrogen (secondary N) is 1. The molecule has 0 aliphatic heterocycles. The maximum absolute atomic E-state index is 12.3. The van der Waals surface area contributed by atoms with E-state index in [4.69, 9.17) is 4.74 Å². The standard InChI is InChI=1S/C28H37N5O3/c1-5-6-13-36-26(34)21-7-9-22(10-8-21)28(4,35)25-17-33(18-30-25)24-15-19(2)14-23(16-24)32-27-29-12-11-20(3)31-27/h11-12,14-18,21-22,35H,5-10,13H2,1-4H3,(H,29,31,32). The molecule has 1 unspecified atom stereocenters. The molecule has 0 radical (unpaired) electrons. The van der Waals surface area contributed by atoms with E-state index in [-0.39, 0.29) is 17.8 Å². The Morgan fingerprint density at radius 2 is 1.97 bits per heavy atom. The molecule has 0 bridgehead atoms. The van der Waals surface area contributed by atoms with Crippen molar-refractivity contribution in [2.45, 2.75) is 71.8 Å². The number of unbranched alkanes of at least 4 members (excludes halogenated alkanes) is 1. The van der Waals surface area contributed by atoms with Crippen LogP contribution in [0.1, 0.15) is 69.3 Å². The van der Waals surface area contributed by atoms with Crippen molar-refractivity contribution in [3.05, 3.63) is 59.9 Å². The third kappa shape index (κ3) is 6.10. The average Bonchev–Trinajstić information content (AvgIpc) is 3.35. The van der Waals surface area contributed by atoms with Crippen LogP contribution in [0.5, 0.6) is 0 Å². The molecule has 8 nitrogen and oxygen atoms in total. The van der Waals surface area contributed by atoms with Gasteiger partial charge in [0, 0.05) is 29.5 Å². The maximum Gasteiger partial charge on any atom is 0.308 e. The van der Waals surface area contributed by atoms with Gasteiger partial charge in [-0.3, -0.25) is 4.79 Å². The summed E-state index contributed by atoms with van der Waals surface area (Å²) in [5.41, 5.74) is 3.33. The van der Waals surface area contributed by atoms with E-state index in [2.05, 4.69) is 33.3 Å². The molecule has 0 amide bonds. The Morgan fingerprint density at radius 3 is 2.69 bits per heavy atom. The van der Waals surface area contributed by atoms with Crippen molar-refractivity contribution in [1.29, 1.82) is 0 Å². The third-order valence-electron chi connectivity index (χ3n) is 7.11. The summed E-state index contributed by atoms with van der Waals surface area (Å²) < 4.78 is 7.34. The quantitative estimate of drug-likeness (QED) is 0.306. The number of aliphatic hydroxyl groups is 1. The molecule has 2 heterocycles. The third-order valence-corrected chi connectivity index (χ3v) is 7.11. The summed E-state index contributed by atoms with van der Waals surface area (Å²) >= 11 is 0. The Bertz CT molecular complexity index is 1180. The minimum atomic E-state index is -1.08. The maximum atomic E-state index is 12.3. The number of aromatic nitrogens is 4. The highest BCUT2D eigenvalue weighted by molar-refractivity contribution is 5.72. The van der Waals surface area contributed by atoms with Gasteiger partial charge in [-0.15, -0.1) is 0 Å². The highest BCUT2D eigenvalue weighted by Gasteiger charge is 2.39. The summed E-state index contributed by atoms with van der Waals surface area (Å²) in [6.45, 7) is 8.38. The highest BCUT2D eigenvalue weighted by atomic mass is 16.5. The van der Waals surface area contributed by atoms with Crippen LogP contribution in [0.25, 0.3) is 5.69 Å². The molecule has 1 fully saturated rings. The smallest absolute Gasteiger partial charge is 0.308 e.